The number of nitrogens with zero attached hydrogens (tertiary/aromatic N) is 4. The third kappa shape index (κ3) is 4.77. The largest absolute Gasteiger partial charge is 0.497 e. The summed E-state index contributed by atoms with van der Waals surface area (Å²) in [6.45, 7) is 0.105. The summed E-state index contributed by atoms with van der Waals surface area (Å²) in [6.07, 6.45) is 1.10. The Hall–Kier alpha value is -3.40. The molecule has 0 atom stereocenters. The maximum atomic E-state index is 12.8. The number of amides is 1. The smallest absolute Gasteiger partial charge is 0.254 e. The van der Waals surface area contributed by atoms with Crippen LogP contribution in [0.15, 0.2) is 53.1 Å². The number of hydrogen-bond acceptors (Lipinski definition) is 7. The van der Waals surface area contributed by atoms with Crippen molar-refractivity contribution in [2.75, 3.05) is 31.8 Å². The van der Waals surface area contributed by atoms with Crippen LogP contribution in [0.5, 0.6) is 5.75 Å². The van der Waals surface area contributed by atoms with Crippen LogP contribution in [-0.4, -0.2) is 56.8 Å². The molecular weight excluding hydrogens is 408 g/mol. The van der Waals surface area contributed by atoms with E-state index in [0.717, 1.165) is 21.9 Å². The normalized spacial score (nSPS) is 11.2. The van der Waals surface area contributed by atoms with E-state index >= 15 is 0 Å². The van der Waals surface area contributed by atoms with E-state index in [2.05, 4.69) is 10.1 Å². The molecule has 0 saturated carbocycles. The molecule has 158 valence electrons. The van der Waals surface area contributed by atoms with Gasteiger partial charge in [-0.05, 0) is 42.5 Å². The molecule has 0 aliphatic heterocycles. The summed E-state index contributed by atoms with van der Waals surface area (Å²) in [4.78, 5) is 18.5. The van der Waals surface area contributed by atoms with Gasteiger partial charge in [0.05, 0.1) is 25.6 Å². The van der Waals surface area contributed by atoms with E-state index in [4.69, 9.17) is 9.26 Å². The summed E-state index contributed by atoms with van der Waals surface area (Å²) in [5.74, 6) is 1.10. The Kier molecular flexibility index (Phi) is 6.06. The van der Waals surface area contributed by atoms with Gasteiger partial charge in [0.2, 0.25) is 21.7 Å². The van der Waals surface area contributed by atoms with Gasteiger partial charge in [0.1, 0.15) is 5.75 Å². The number of carbonyl (C=O) groups is 1. The van der Waals surface area contributed by atoms with E-state index in [1.54, 1.807) is 44.5 Å². The fourth-order valence-electron chi connectivity index (χ4n) is 2.70. The number of rotatable bonds is 7. The second-order valence-electron chi connectivity index (χ2n) is 6.68. The Morgan fingerprint density at radius 3 is 2.47 bits per heavy atom. The van der Waals surface area contributed by atoms with Gasteiger partial charge in [-0.25, -0.2) is 8.42 Å². The molecule has 10 heteroatoms. The molecule has 0 N–H and O–H groups in total. The minimum atomic E-state index is -3.43. The highest BCUT2D eigenvalue weighted by atomic mass is 32.2. The summed E-state index contributed by atoms with van der Waals surface area (Å²) in [7, 11) is 1.19. The number of hydrogen-bond donors (Lipinski definition) is 0. The topological polar surface area (TPSA) is 106 Å². The number of sulfonamides is 1. The van der Waals surface area contributed by atoms with Gasteiger partial charge in [-0.3, -0.25) is 9.10 Å². The predicted molar refractivity (Wildman–Crippen MR) is 112 cm³/mol. The Bertz CT molecular complexity index is 1140. The Morgan fingerprint density at radius 1 is 1.13 bits per heavy atom. The molecule has 3 rings (SSSR count). The average Bonchev–Trinajstić information content (AvgIpc) is 3.20. The average molecular weight is 430 g/mol. The molecule has 0 unspecified atom stereocenters. The van der Waals surface area contributed by atoms with Gasteiger partial charge >= 0.3 is 0 Å². The molecule has 0 aliphatic carbocycles. The molecule has 0 aliphatic rings. The van der Waals surface area contributed by atoms with Crippen LogP contribution in [0.3, 0.4) is 0 Å². The summed E-state index contributed by atoms with van der Waals surface area (Å²) in [6, 6.07) is 13.6. The minimum absolute atomic E-state index is 0.105. The second kappa shape index (κ2) is 8.54. The molecule has 1 heterocycles. The molecule has 0 fully saturated rings. The highest BCUT2D eigenvalue weighted by molar-refractivity contribution is 7.92. The lowest BCUT2D eigenvalue weighted by Crippen LogP contribution is -2.28. The molecule has 30 heavy (non-hydrogen) atoms. The van der Waals surface area contributed by atoms with Crippen molar-refractivity contribution in [1.29, 1.82) is 0 Å². The van der Waals surface area contributed by atoms with Gasteiger partial charge in [0.15, 0.2) is 0 Å². The number of carbonyl (C=O) groups excluding carboxylic acids is 1. The monoisotopic (exact) mass is 430 g/mol. The van der Waals surface area contributed by atoms with Gasteiger partial charge in [-0.1, -0.05) is 11.2 Å². The summed E-state index contributed by atoms with van der Waals surface area (Å²) < 4.78 is 35.0. The molecule has 9 nitrogen and oxygen atoms in total. The zero-order chi connectivity index (χ0) is 21.9. The third-order valence-corrected chi connectivity index (χ3v) is 5.70. The first-order valence-electron chi connectivity index (χ1n) is 8.95. The van der Waals surface area contributed by atoms with Crippen LogP contribution in [0.2, 0.25) is 0 Å². The summed E-state index contributed by atoms with van der Waals surface area (Å²) in [5, 5.41) is 3.95. The van der Waals surface area contributed by atoms with Gasteiger partial charge in [0, 0.05) is 25.2 Å². The fraction of sp³-hybridized carbons (Fsp3) is 0.250. The van der Waals surface area contributed by atoms with Crippen LogP contribution in [-0.2, 0) is 16.6 Å². The first-order chi connectivity index (χ1) is 14.2. The van der Waals surface area contributed by atoms with Gasteiger partial charge in [-0.2, -0.15) is 4.98 Å². The summed E-state index contributed by atoms with van der Waals surface area (Å²) in [5.41, 5.74) is 1.51. The maximum absolute atomic E-state index is 12.8. The molecular formula is C20H22N4O5S. The van der Waals surface area contributed by atoms with Crippen molar-refractivity contribution in [2.24, 2.45) is 0 Å². The maximum Gasteiger partial charge on any atom is 0.254 e. The van der Waals surface area contributed by atoms with E-state index in [9.17, 15) is 13.2 Å². The van der Waals surface area contributed by atoms with E-state index in [0.29, 0.717) is 17.1 Å². The van der Waals surface area contributed by atoms with Crippen LogP contribution in [0.4, 0.5) is 5.69 Å². The van der Waals surface area contributed by atoms with E-state index in [-0.39, 0.29) is 18.3 Å². The van der Waals surface area contributed by atoms with E-state index < -0.39 is 10.0 Å². The van der Waals surface area contributed by atoms with Crippen molar-refractivity contribution >= 4 is 21.6 Å². The van der Waals surface area contributed by atoms with Crippen molar-refractivity contribution in [3.63, 3.8) is 0 Å². The van der Waals surface area contributed by atoms with Crippen LogP contribution in [0.25, 0.3) is 11.4 Å². The van der Waals surface area contributed by atoms with Gasteiger partial charge in [0.25, 0.3) is 5.91 Å². The van der Waals surface area contributed by atoms with Crippen LogP contribution >= 0.6 is 0 Å². The third-order valence-electron chi connectivity index (χ3n) is 4.49. The molecule has 0 bridgehead atoms. The van der Waals surface area contributed by atoms with Crippen molar-refractivity contribution in [2.45, 2.75) is 6.54 Å². The first-order valence-corrected chi connectivity index (χ1v) is 10.8. The van der Waals surface area contributed by atoms with E-state index in [1.807, 2.05) is 12.1 Å². The zero-order valence-corrected chi connectivity index (χ0v) is 17.9. The highest BCUT2D eigenvalue weighted by Crippen LogP contribution is 2.21. The molecule has 2 aromatic carbocycles. The lowest BCUT2D eigenvalue weighted by molar-refractivity contribution is 0.0769. The quantitative estimate of drug-likeness (QED) is 0.567. The Labute approximate surface area is 174 Å². The van der Waals surface area contributed by atoms with Crippen LogP contribution < -0.4 is 9.04 Å². The summed E-state index contributed by atoms with van der Waals surface area (Å²) >= 11 is 0. The number of anilines is 1. The molecule has 0 spiro atoms. The minimum Gasteiger partial charge on any atom is -0.497 e. The van der Waals surface area contributed by atoms with Gasteiger partial charge < -0.3 is 14.2 Å². The Balaban J connectivity index is 1.72. The zero-order valence-electron chi connectivity index (χ0n) is 17.1. The molecule has 3 aromatic rings. The number of benzene rings is 2. The van der Waals surface area contributed by atoms with Crippen molar-refractivity contribution in [3.05, 3.63) is 60.0 Å². The van der Waals surface area contributed by atoms with E-state index in [1.165, 1.54) is 18.0 Å². The van der Waals surface area contributed by atoms with Crippen molar-refractivity contribution in [1.82, 2.24) is 15.0 Å². The second-order valence-corrected chi connectivity index (χ2v) is 8.70. The number of aromatic nitrogens is 2. The van der Waals surface area contributed by atoms with Crippen LogP contribution in [0, 0.1) is 0 Å². The molecule has 1 amide bonds. The first kappa shape index (κ1) is 21.3. The lowest BCUT2D eigenvalue weighted by Gasteiger charge is -2.19. The fourth-order valence-corrected chi connectivity index (χ4v) is 3.19. The standard InChI is InChI=1S/C20H22N4O5S/c1-23(20(25)15-6-5-7-16(12-15)24(2)30(4,26)27)13-18-21-19(22-29-18)14-8-10-17(28-3)11-9-14/h5-12H,13H2,1-4H3. The SMILES string of the molecule is COc1ccc(-c2noc(CN(C)C(=O)c3cccc(N(C)S(C)(=O)=O)c3)n2)cc1. The number of ether oxygens (including phenoxy) is 1. The highest BCUT2D eigenvalue weighted by Gasteiger charge is 2.18. The molecule has 0 radical (unpaired) electrons. The lowest BCUT2D eigenvalue weighted by atomic mass is 10.2. The van der Waals surface area contributed by atoms with Gasteiger partial charge in [-0.15, -0.1) is 0 Å². The number of methoxy groups -OCH3 is 1. The molecule has 1 aromatic heterocycles. The van der Waals surface area contributed by atoms with Crippen molar-refractivity contribution < 1.29 is 22.5 Å². The van der Waals surface area contributed by atoms with Crippen LogP contribution in [0.1, 0.15) is 16.2 Å². The Morgan fingerprint density at radius 2 is 1.83 bits per heavy atom. The molecule has 0 saturated heterocycles. The predicted octanol–water partition coefficient (Wildman–Crippen LogP) is 2.41. The van der Waals surface area contributed by atoms with Crippen molar-refractivity contribution in [3.8, 4) is 17.1 Å².